The van der Waals surface area contributed by atoms with Crippen LogP contribution in [0.1, 0.15) is 59.8 Å². The third-order valence-corrected chi connectivity index (χ3v) is 9.62. The largest absolute Gasteiger partial charge is 0.493 e. The molecule has 5 aliphatic rings. The minimum atomic E-state index is -1.14. The molecule has 1 spiro atoms. The molecule has 7 unspecified atom stereocenters. The highest BCUT2D eigenvalue weighted by Crippen LogP contribution is 2.79. The fourth-order valence-corrected chi connectivity index (χ4v) is 8.34. The Bertz CT molecular complexity index is 979. The molecule has 180 valence electrons. The fraction of sp³-hybridized carbons (Fsp3) is 0.692. The molecule has 2 heterocycles. The van der Waals surface area contributed by atoms with Gasteiger partial charge >= 0.3 is 11.9 Å². The van der Waals surface area contributed by atoms with E-state index in [-0.39, 0.29) is 18.5 Å². The van der Waals surface area contributed by atoms with Crippen LogP contribution in [0.5, 0.6) is 0 Å². The van der Waals surface area contributed by atoms with Crippen molar-refractivity contribution < 1.29 is 34.0 Å². The van der Waals surface area contributed by atoms with Crippen LogP contribution in [0.4, 0.5) is 0 Å². The smallest absolute Gasteiger partial charge is 0.331 e. The van der Waals surface area contributed by atoms with E-state index in [9.17, 15) is 19.8 Å². The molecule has 2 N–H and O–H groups in total. The summed E-state index contributed by atoms with van der Waals surface area (Å²) in [5, 5.41) is 23.6. The van der Waals surface area contributed by atoms with E-state index in [1.165, 1.54) is 13.0 Å². The standard InChI is InChI=1S/C26H34O7/c1-16(27)33-20-14-23(4)9-7-19(29)26-18(28)6-8-22(2,3)24(20,26)11-12-32-25(23,26)10-5-17-13-21(30)31-15-17/h7,9,11-13,18-20,28-29H,5-6,8,10,14-15H2,1-4H3. The van der Waals surface area contributed by atoms with Gasteiger partial charge < -0.3 is 24.4 Å². The molecule has 0 aromatic heterocycles. The normalized spacial score (nSPS) is 46.7. The van der Waals surface area contributed by atoms with Crippen LogP contribution in [-0.4, -0.2) is 52.7 Å². The van der Waals surface area contributed by atoms with Gasteiger partial charge in [-0.15, -0.1) is 0 Å². The van der Waals surface area contributed by atoms with Crippen LogP contribution < -0.4 is 0 Å². The van der Waals surface area contributed by atoms with E-state index in [0.717, 1.165) is 12.0 Å². The molecule has 0 radical (unpaired) electrons. The first-order valence-electron chi connectivity index (χ1n) is 11.9. The second kappa shape index (κ2) is 6.95. The Morgan fingerprint density at radius 3 is 2.67 bits per heavy atom. The third-order valence-electron chi connectivity index (χ3n) is 9.62. The minimum Gasteiger partial charge on any atom is -0.493 e. The number of cyclic esters (lactones) is 1. The van der Waals surface area contributed by atoms with Gasteiger partial charge in [0.15, 0.2) is 0 Å². The number of esters is 2. The van der Waals surface area contributed by atoms with E-state index in [1.54, 1.807) is 12.3 Å². The lowest BCUT2D eigenvalue weighted by Crippen LogP contribution is -2.85. The molecule has 7 heteroatoms. The van der Waals surface area contributed by atoms with E-state index < -0.39 is 45.6 Å². The van der Waals surface area contributed by atoms with E-state index in [0.29, 0.717) is 25.7 Å². The van der Waals surface area contributed by atoms with Gasteiger partial charge in [0.2, 0.25) is 0 Å². The predicted molar refractivity (Wildman–Crippen MR) is 119 cm³/mol. The quantitative estimate of drug-likeness (QED) is 0.493. The number of aliphatic hydroxyl groups excluding tert-OH is 2. The summed E-state index contributed by atoms with van der Waals surface area (Å²) in [6, 6.07) is 0. The zero-order valence-corrected chi connectivity index (χ0v) is 19.8. The molecule has 33 heavy (non-hydrogen) atoms. The van der Waals surface area contributed by atoms with Crippen LogP contribution in [0.3, 0.4) is 0 Å². The molecule has 7 atom stereocenters. The average Bonchev–Trinajstić information content (AvgIpc) is 3.15. The Kier molecular flexibility index (Phi) is 4.77. The van der Waals surface area contributed by atoms with Gasteiger partial charge in [0.05, 0.1) is 23.9 Å². The highest BCUT2D eigenvalue weighted by atomic mass is 16.5. The summed E-state index contributed by atoms with van der Waals surface area (Å²) in [4.78, 5) is 23.9. The van der Waals surface area contributed by atoms with Crippen LogP contribution in [0.15, 0.2) is 36.1 Å². The van der Waals surface area contributed by atoms with Crippen LogP contribution in [-0.2, 0) is 23.8 Å². The van der Waals surface area contributed by atoms with Crippen molar-refractivity contribution in [3.05, 3.63) is 36.1 Å². The lowest BCUT2D eigenvalue weighted by molar-refractivity contribution is -0.368. The number of carbonyl (C=O) groups is 2. The molecule has 2 fully saturated rings. The van der Waals surface area contributed by atoms with Crippen molar-refractivity contribution in [1.29, 1.82) is 0 Å². The SMILES string of the molecule is CC(=O)OC1CC2(C)C=CC(O)C34C(O)CCC(C)(C)C13C=COC24CCC1=CC(=O)OC1. The maximum absolute atomic E-state index is 12.3. The monoisotopic (exact) mass is 458 g/mol. The van der Waals surface area contributed by atoms with Gasteiger partial charge in [0.1, 0.15) is 18.3 Å². The summed E-state index contributed by atoms with van der Waals surface area (Å²) in [6.45, 7) is 8.00. The van der Waals surface area contributed by atoms with E-state index in [1.807, 2.05) is 12.2 Å². The first-order chi connectivity index (χ1) is 15.5. The Morgan fingerprint density at radius 1 is 1.24 bits per heavy atom. The van der Waals surface area contributed by atoms with E-state index in [2.05, 4.69) is 20.8 Å². The maximum atomic E-state index is 12.3. The molecule has 0 aromatic rings. The number of carbonyl (C=O) groups excluding carboxylic acids is 2. The van der Waals surface area contributed by atoms with Crippen molar-refractivity contribution >= 4 is 11.9 Å². The summed E-state index contributed by atoms with van der Waals surface area (Å²) in [5.74, 6) is -0.720. The number of rotatable bonds is 4. The van der Waals surface area contributed by atoms with E-state index >= 15 is 0 Å². The Balaban J connectivity index is 1.76. The highest BCUT2D eigenvalue weighted by Gasteiger charge is 2.85. The zero-order valence-electron chi connectivity index (χ0n) is 19.8. The Morgan fingerprint density at radius 2 is 2.00 bits per heavy atom. The van der Waals surface area contributed by atoms with Crippen molar-refractivity contribution in [3.63, 3.8) is 0 Å². The minimum absolute atomic E-state index is 0.252. The van der Waals surface area contributed by atoms with Gasteiger partial charge in [0.25, 0.3) is 0 Å². The predicted octanol–water partition coefficient (Wildman–Crippen LogP) is 2.96. The molecule has 5 rings (SSSR count). The lowest BCUT2D eigenvalue weighted by Gasteiger charge is -2.78. The van der Waals surface area contributed by atoms with Gasteiger partial charge in [0, 0.05) is 23.8 Å². The van der Waals surface area contributed by atoms with Crippen LogP contribution in [0, 0.1) is 21.7 Å². The lowest BCUT2D eigenvalue weighted by atomic mass is 9.29. The summed E-state index contributed by atoms with van der Waals surface area (Å²) in [5.41, 5.74) is -3.09. The number of hydrogen-bond donors (Lipinski definition) is 2. The van der Waals surface area contributed by atoms with Crippen molar-refractivity contribution in [2.75, 3.05) is 6.61 Å². The fourth-order valence-electron chi connectivity index (χ4n) is 8.34. The molecule has 4 bridgehead atoms. The van der Waals surface area contributed by atoms with Crippen LogP contribution >= 0.6 is 0 Å². The number of aliphatic hydroxyl groups is 2. The molecule has 0 amide bonds. The Hall–Kier alpha value is -2.12. The van der Waals surface area contributed by atoms with Crippen molar-refractivity contribution in [2.24, 2.45) is 21.7 Å². The summed E-state index contributed by atoms with van der Waals surface area (Å²) in [6.07, 6.45) is 9.29. The Labute approximate surface area is 194 Å². The second-order valence-corrected chi connectivity index (χ2v) is 11.4. The van der Waals surface area contributed by atoms with Crippen LogP contribution in [0.2, 0.25) is 0 Å². The molecule has 2 saturated carbocycles. The summed E-state index contributed by atoms with van der Waals surface area (Å²) >= 11 is 0. The van der Waals surface area contributed by atoms with Gasteiger partial charge in [-0.2, -0.15) is 0 Å². The van der Waals surface area contributed by atoms with Gasteiger partial charge in [-0.25, -0.2) is 4.79 Å². The molecule has 3 aliphatic carbocycles. The first-order valence-corrected chi connectivity index (χ1v) is 11.9. The van der Waals surface area contributed by atoms with Crippen molar-refractivity contribution in [1.82, 2.24) is 0 Å². The van der Waals surface area contributed by atoms with Crippen molar-refractivity contribution in [3.8, 4) is 0 Å². The highest BCUT2D eigenvalue weighted by molar-refractivity contribution is 5.85. The molecular formula is C26H34O7. The third kappa shape index (κ3) is 2.53. The summed E-state index contributed by atoms with van der Waals surface area (Å²) < 4.78 is 17.7. The molecular weight excluding hydrogens is 424 g/mol. The summed E-state index contributed by atoms with van der Waals surface area (Å²) in [7, 11) is 0. The zero-order chi connectivity index (χ0) is 23.9. The van der Waals surface area contributed by atoms with Crippen LogP contribution in [0.25, 0.3) is 0 Å². The van der Waals surface area contributed by atoms with Crippen molar-refractivity contribution in [2.45, 2.75) is 83.7 Å². The topological polar surface area (TPSA) is 102 Å². The molecule has 2 aliphatic heterocycles. The van der Waals surface area contributed by atoms with Gasteiger partial charge in [-0.3, -0.25) is 4.79 Å². The molecule has 7 nitrogen and oxygen atoms in total. The molecule has 0 saturated heterocycles. The maximum Gasteiger partial charge on any atom is 0.331 e. The van der Waals surface area contributed by atoms with Gasteiger partial charge in [-0.05, 0) is 49.2 Å². The molecule has 0 aromatic carbocycles. The average molecular weight is 459 g/mol. The second-order valence-electron chi connectivity index (χ2n) is 11.4. The number of ether oxygens (including phenoxy) is 3. The first kappa shape index (κ1) is 22.7. The van der Waals surface area contributed by atoms with Gasteiger partial charge in [-0.1, -0.05) is 32.9 Å². The van der Waals surface area contributed by atoms with E-state index in [4.69, 9.17) is 14.2 Å². The number of hydrogen-bond acceptors (Lipinski definition) is 7.